The van der Waals surface area contributed by atoms with Crippen molar-refractivity contribution in [2.45, 2.75) is 13.8 Å². The molecule has 0 heterocycles. The molecule has 0 aliphatic rings. The van der Waals surface area contributed by atoms with Crippen LogP contribution in [0.3, 0.4) is 0 Å². The lowest BCUT2D eigenvalue weighted by atomic mass is 10.1. The molecule has 0 amide bonds. The second kappa shape index (κ2) is 6.63. The Balaban J connectivity index is 2.60. The van der Waals surface area contributed by atoms with Gasteiger partial charge in [-0.15, -0.1) is 0 Å². The first-order valence-electron chi connectivity index (χ1n) is 5.58. The van der Waals surface area contributed by atoms with Crippen LogP contribution < -0.4 is 0 Å². The van der Waals surface area contributed by atoms with Crippen LogP contribution in [0.4, 0.5) is 0 Å². The Bertz CT molecular complexity index is 407. The van der Waals surface area contributed by atoms with E-state index in [1.165, 1.54) is 6.08 Å². The Hall–Kier alpha value is -1.90. The molecule has 1 aromatic carbocycles. The Morgan fingerprint density at radius 1 is 1.29 bits per heavy atom. The Morgan fingerprint density at radius 2 is 1.94 bits per heavy atom. The van der Waals surface area contributed by atoms with Gasteiger partial charge in [0, 0.05) is 0 Å². The highest BCUT2D eigenvalue weighted by atomic mass is 16.5. The fourth-order valence-corrected chi connectivity index (χ4v) is 1.27. The highest BCUT2D eigenvalue weighted by molar-refractivity contribution is 6.06. The van der Waals surface area contributed by atoms with Gasteiger partial charge in [0.1, 0.15) is 5.92 Å². The lowest BCUT2D eigenvalue weighted by molar-refractivity contribution is -0.149. The Morgan fingerprint density at radius 3 is 2.53 bits per heavy atom. The molecule has 0 aromatic heterocycles. The van der Waals surface area contributed by atoms with Crippen LogP contribution in [0.25, 0.3) is 6.08 Å². The summed E-state index contributed by atoms with van der Waals surface area (Å²) in [6, 6.07) is 9.45. The van der Waals surface area contributed by atoms with Gasteiger partial charge in [-0.2, -0.15) is 0 Å². The van der Waals surface area contributed by atoms with E-state index in [-0.39, 0.29) is 5.78 Å². The predicted molar refractivity (Wildman–Crippen MR) is 66.3 cm³/mol. The molecule has 3 nitrogen and oxygen atoms in total. The van der Waals surface area contributed by atoms with E-state index in [0.717, 1.165) is 5.56 Å². The van der Waals surface area contributed by atoms with Gasteiger partial charge in [0.15, 0.2) is 5.78 Å². The molecule has 0 N–H and O–H groups in total. The highest BCUT2D eigenvalue weighted by Gasteiger charge is 2.19. The van der Waals surface area contributed by atoms with E-state index in [0.29, 0.717) is 6.61 Å². The van der Waals surface area contributed by atoms with E-state index in [1.54, 1.807) is 19.9 Å². The van der Waals surface area contributed by atoms with Crippen molar-refractivity contribution in [3.63, 3.8) is 0 Å². The summed E-state index contributed by atoms with van der Waals surface area (Å²) >= 11 is 0. The number of rotatable bonds is 5. The third-order valence-electron chi connectivity index (χ3n) is 2.31. The first-order chi connectivity index (χ1) is 8.15. The Labute approximate surface area is 101 Å². The van der Waals surface area contributed by atoms with Crippen molar-refractivity contribution >= 4 is 17.8 Å². The third-order valence-corrected chi connectivity index (χ3v) is 2.31. The molecule has 0 spiro atoms. The lowest BCUT2D eigenvalue weighted by Crippen LogP contribution is -2.21. The zero-order valence-electron chi connectivity index (χ0n) is 10.1. The number of benzene rings is 1. The maximum atomic E-state index is 11.6. The van der Waals surface area contributed by atoms with Crippen molar-refractivity contribution in [2.75, 3.05) is 6.61 Å². The van der Waals surface area contributed by atoms with E-state index in [1.807, 2.05) is 30.3 Å². The number of allylic oxidation sites excluding steroid dienone is 1. The van der Waals surface area contributed by atoms with Crippen molar-refractivity contribution in [1.82, 2.24) is 0 Å². The summed E-state index contributed by atoms with van der Waals surface area (Å²) in [5, 5.41) is 0. The van der Waals surface area contributed by atoms with Gasteiger partial charge in [-0.1, -0.05) is 36.4 Å². The van der Waals surface area contributed by atoms with Crippen molar-refractivity contribution in [3.8, 4) is 0 Å². The third kappa shape index (κ3) is 4.23. The average Bonchev–Trinajstić information content (AvgIpc) is 2.36. The number of ether oxygens (including phenoxy) is 1. The summed E-state index contributed by atoms with van der Waals surface area (Å²) in [5.41, 5.74) is 0.928. The summed E-state index contributed by atoms with van der Waals surface area (Å²) in [6.45, 7) is 3.56. The number of esters is 1. The molecule has 1 aromatic rings. The maximum absolute atomic E-state index is 11.6. The summed E-state index contributed by atoms with van der Waals surface area (Å²) in [6.07, 6.45) is 3.11. The van der Waals surface area contributed by atoms with Crippen molar-refractivity contribution in [1.29, 1.82) is 0 Å². The van der Waals surface area contributed by atoms with Crippen molar-refractivity contribution in [2.24, 2.45) is 5.92 Å². The summed E-state index contributed by atoms with van der Waals surface area (Å²) in [5.74, 6) is -1.46. The topological polar surface area (TPSA) is 43.4 Å². The number of ketones is 1. The summed E-state index contributed by atoms with van der Waals surface area (Å²) in [4.78, 5) is 23.0. The maximum Gasteiger partial charge on any atom is 0.316 e. The second-order valence-electron chi connectivity index (χ2n) is 3.62. The molecule has 1 rings (SSSR count). The Kier molecular flexibility index (Phi) is 5.14. The summed E-state index contributed by atoms with van der Waals surface area (Å²) < 4.78 is 4.78. The molecule has 0 aliphatic heterocycles. The minimum Gasteiger partial charge on any atom is -0.465 e. The van der Waals surface area contributed by atoms with Gasteiger partial charge in [-0.05, 0) is 25.5 Å². The minimum absolute atomic E-state index is 0.243. The largest absolute Gasteiger partial charge is 0.465 e. The van der Waals surface area contributed by atoms with Crippen LogP contribution in [0.2, 0.25) is 0 Å². The van der Waals surface area contributed by atoms with Crippen LogP contribution in [0.15, 0.2) is 36.4 Å². The van der Waals surface area contributed by atoms with Crippen molar-refractivity contribution in [3.05, 3.63) is 42.0 Å². The molecule has 1 unspecified atom stereocenters. The molecule has 90 valence electrons. The smallest absolute Gasteiger partial charge is 0.316 e. The van der Waals surface area contributed by atoms with Crippen LogP contribution >= 0.6 is 0 Å². The fourth-order valence-electron chi connectivity index (χ4n) is 1.27. The van der Waals surface area contributed by atoms with E-state index < -0.39 is 11.9 Å². The van der Waals surface area contributed by atoms with Gasteiger partial charge in [0.2, 0.25) is 0 Å². The first-order valence-corrected chi connectivity index (χ1v) is 5.58. The standard InChI is InChI=1S/C14H16O3/c1-3-17-14(16)11(2)13(15)10-9-12-7-5-4-6-8-12/h4-11H,3H2,1-2H3/b10-9+. The molecule has 0 saturated carbocycles. The van der Waals surface area contributed by atoms with Crippen LogP contribution in [-0.2, 0) is 14.3 Å². The normalized spacial score (nSPS) is 12.4. The van der Waals surface area contributed by atoms with E-state index in [4.69, 9.17) is 4.74 Å². The monoisotopic (exact) mass is 232 g/mol. The van der Waals surface area contributed by atoms with E-state index in [2.05, 4.69) is 0 Å². The SMILES string of the molecule is CCOC(=O)C(C)C(=O)/C=C/c1ccccc1. The van der Waals surface area contributed by atoms with Gasteiger partial charge < -0.3 is 4.74 Å². The molecule has 0 bridgehead atoms. The molecule has 17 heavy (non-hydrogen) atoms. The molecule has 1 atom stereocenters. The minimum atomic E-state index is -0.741. The zero-order chi connectivity index (χ0) is 12.7. The molecule has 0 aliphatic carbocycles. The lowest BCUT2D eigenvalue weighted by Gasteiger charge is -2.06. The molecular formula is C14H16O3. The van der Waals surface area contributed by atoms with Gasteiger partial charge in [0.25, 0.3) is 0 Å². The van der Waals surface area contributed by atoms with Crippen molar-refractivity contribution < 1.29 is 14.3 Å². The van der Waals surface area contributed by atoms with Gasteiger partial charge >= 0.3 is 5.97 Å². The van der Waals surface area contributed by atoms with Crippen LogP contribution in [0.5, 0.6) is 0 Å². The van der Waals surface area contributed by atoms with Crippen LogP contribution in [0, 0.1) is 5.92 Å². The molecule has 0 saturated heterocycles. The predicted octanol–water partition coefficient (Wildman–Crippen LogP) is 2.47. The van der Waals surface area contributed by atoms with Crippen LogP contribution in [0.1, 0.15) is 19.4 Å². The quantitative estimate of drug-likeness (QED) is 0.445. The first kappa shape index (κ1) is 13.2. The van der Waals surface area contributed by atoms with Gasteiger partial charge in [0.05, 0.1) is 6.61 Å². The van der Waals surface area contributed by atoms with Gasteiger partial charge in [-0.25, -0.2) is 0 Å². The highest BCUT2D eigenvalue weighted by Crippen LogP contribution is 2.05. The van der Waals surface area contributed by atoms with Crippen LogP contribution in [-0.4, -0.2) is 18.4 Å². The molecule has 0 fully saturated rings. The number of carbonyl (C=O) groups excluding carboxylic acids is 2. The molecular weight excluding hydrogens is 216 g/mol. The average molecular weight is 232 g/mol. The fraction of sp³-hybridized carbons (Fsp3) is 0.286. The molecule has 0 radical (unpaired) electrons. The van der Waals surface area contributed by atoms with Gasteiger partial charge in [-0.3, -0.25) is 9.59 Å². The summed E-state index contributed by atoms with van der Waals surface area (Å²) in [7, 11) is 0. The molecule has 3 heteroatoms. The zero-order valence-corrected chi connectivity index (χ0v) is 10.1. The van der Waals surface area contributed by atoms with E-state index in [9.17, 15) is 9.59 Å². The second-order valence-corrected chi connectivity index (χ2v) is 3.62. The number of hydrogen-bond acceptors (Lipinski definition) is 3. The van der Waals surface area contributed by atoms with E-state index >= 15 is 0 Å². The number of carbonyl (C=O) groups is 2. The number of hydrogen-bond donors (Lipinski definition) is 0.